The van der Waals surface area contributed by atoms with E-state index in [2.05, 4.69) is 13.8 Å². The molecular formula is C13H18FNO. The molecule has 1 fully saturated rings. The van der Waals surface area contributed by atoms with Gasteiger partial charge in [-0.3, -0.25) is 0 Å². The second kappa shape index (κ2) is 4.06. The third-order valence-electron chi connectivity index (χ3n) is 3.90. The quantitative estimate of drug-likeness (QED) is 0.855. The Labute approximate surface area is 95.6 Å². The standard InChI is InChI=1S/C13H18FNO/c1-3-13(2)11(15)8-12(13)16-10-6-4-9(14)5-7-10/h4-7,11-12H,3,8,15H2,1-2H3. The smallest absolute Gasteiger partial charge is 0.123 e. The van der Waals surface area contributed by atoms with Crippen LogP contribution >= 0.6 is 0 Å². The highest BCUT2D eigenvalue weighted by molar-refractivity contribution is 5.23. The first-order valence-corrected chi connectivity index (χ1v) is 5.74. The molecule has 1 aromatic rings. The zero-order chi connectivity index (χ0) is 11.8. The lowest BCUT2D eigenvalue weighted by Gasteiger charge is -2.51. The molecule has 0 bridgehead atoms. The summed E-state index contributed by atoms with van der Waals surface area (Å²) in [4.78, 5) is 0. The van der Waals surface area contributed by atoms with Crippen molar-refractivity contribution in [3.63, 3.8) is 0 Å². The Morgan fingerprint density at radius 3 is 2.56 bits per heavy atom. The first kappa shape index (κ1) is 11.4. The molecule has 0 saturated heterocycles. The lowest BCUT2D eigenvalue weighted by atomic mass is 9.62. The van der Waals surface area contributed by atoms with Crippen LogP contribution in [0, 0.1) is 11.2 Å². The van der Waals surface area contributed by atoms with Gasteiger partial charge in [0.1, 0.15) is 17.7 Å². The maximum atomic E-state index is 12.7. The molecule has 2 N–H and O–H groups in total. The summed E-state index contributed by atoms with van der Waals surface area (Å²) in [7, 11) is 0. The minimum atomic E-state index is -0.240. The fraction of sp³-hybridized carbons (Fsp3) is 0.538. The Bertz CT molecular complexity index is 365. The van der Waals surface area contributed by atoms with Crippen molar-refractivity contribution in [2.45, 2.75) is 38.8 Å². The van der Waals surface area contributed by atoms with E-state index in [4.69, 9.17) is 10.5 Å². The highest BCUT2D eigenvalue weighted by atomic mass is 19.1. The molecule has 0 amide bonds. The third-order valence-corrected chi connectivity index (χ3v) is 3.90. The molecular weight excluding hydrogens is 205 g/mol. The van der Waals surface area contributed by atoms with Gasteiger partial charge in [0.25, 0.3) is 0 Å². The first-order chi connectivity index (χ1) is 7.56. The average Bonchev–Trinajstić information content (AvgIpc) is 2.30. The maximum absolute atomic E-state index is 12.7. The Balaban J connectivity index is 2.04. The van der Waals surface area contributed by atoms with Gasteiger partial charge in [-0.25, -0.2) is 4.39 Å². The predicted octanol–water partition coefficient (Wildman–Crippen LogP) is 2.72. The summed E-state index contributed by atoms with van der Waals surface area (Å²) in [5.41, 5.74) is 6.05. The monoisotopic (exact) mass is 223 g/mol. The summed E-state index contributed by atoms with van der Waals surface area (Å²) in [6.45, 7) is 4.27. The number of nitrogens with two attached hydrogens (primary N) is 1. The van der Waals surface area contributed by atoms with E-state index >= 15 is 0 Å². The van der Waals surface area contributed by atoms with Gasteiger partial charge in [0, 0.05) is 17.9 Å². The molecule has 3 atom stereocenters. The Morgan fingerprint density at radius 1 is 1.44 bits per heavy atom. The normalized spacial score (nSPS) is 33.2. The van der Waals surface area contributed by atoms with Crippen LogP contribution in [0.4, 0.5) is 4.39 Å². The van der Waals surface area contributed by atoms with Crippen molar-refractivity contribution >= 4 is 0 Å². The lowest BCUT2D eigenvalue weighted by Crippen LogP contribution is -2.61. The summed E-state index contributed by atoms with van der Waals surface area (Å²) < 4.78 is 18.6. The Morgan fingerprint density at radius 2 is 2.06 bits per heavy atom. The van der Waals surface area contributed by atoms with Gasteiger partial charge in [0.2, 0.25) is 0 Å². The van der Waals surface area contributed by atoms with E-state index < -0.39 is 0 Å². The van der Waals surface area contributed by atoms with Crippen LogP contribution in [-0.2, 0) is 0 Å². The molecule has 1 aliphatic rings. The summed E-state index contributed by atoms with van der Waals surface area (Å²) in [6.07, 6.45) is 2.03. The average molecular weight is 223 g/mol. The summed E-state index contributed by atoms with van der Waals surface area (Å²) in [6, 6.07) is 6.36. The van der Waals surface area contributed by atoms with E-state index in [1.807, 2.05) is 0 Å². The molecule has 0 spiro atoms. The number of halogens is 1. The van der Waals surface area contributed by atoms with Gasteiger partial charge in [-0.15, -0.1) is 0 Å². The van der Waals surface area contributed by atoms with Gasteiger partial charge in [0.15, 0.2) is 0 Å². The molecule has 0 heterocycles. The number of benzene rings is 1. The predicted molar refractivity (Wildman–Crippen MR) is 61.8 cm³/mol. The zero-order valence-electron chi connectivity index (χ0n) is 9.74. The van der Waals surface area contributed by atoms with Gasteiger partial charge >= 0.3 is 0 Å². The fourth-order valence-electron chi connectivity index (χ4n) is 2.20. The molecule has 1 saturated carbocycles. The second-order valence-corrected chi connectivity index (χ2v) is 4.76. The molecule has 3 heteroatoms. The molecule has 2 nitrogen and oxygen atoms in total. The van der Waals surface area contributed by atoms with Crippen molar-refractivity contribution in [2.75, 3.05) is 0 Å². The van der Waals surface area contributed by atoms with Gasteiger partial charge in [-0.1, -0.05) is 13.8 Å². The summed E-state index contributed by atoms with van der Waals surface area (Å²) in [5.74, 6) is 0.480. The highest BCUT2D eigenvalue weighted by Gasteiger charge is 2.50. The maximum Gasteiger partial charge on any atom is 0.123 e. The van der Waals surface area contributed by atoms with Gasteiger partial charge in [0.05, 0.1) is 0 Å². The van der Waals surface area contributed by atoms with Crippen LogP contribution in [0.15, 0.2) is 24.3 Å². The lowest BCUT2D eigenvalue weighted by molar-refractivity contribution is -0.0560. The topological polar surface area (TPSA) is 35.2 Å². The summed E-state index contributed by atoms with van der Waals surface area (Å²) in [5, 5.41) is 0. The van der Waals surface area contributed by atoms with Gasteiger partial charge < -0.3 is 10.5 Å². The number of hydrogen-bond acceptors (Lipinski definition) is 2. The largest absolute Gasteiger partial charge is 0.490 e. The zero-order valence-corrected chi connectivity index (χ0v) is 9.74. The van der Waals surface area contributed by atoms with E-state index in [9.17, 15) is 4.39 Å². The minimum absolute atomic E-state index is 0.0500. The van der Waals surface area contributed by atoms with Crippen LogP contribution in [0.3, 0.4) is 0 Å². The SMILES string of the molecule is CCC1(C)C(N)CC1Oc1ccc(F)cc1. The van der Waals surface area contributed by atoms with Crippen molar-refractivity contribution in [2.24, 2.45) is 11.1 Å². The molecule has 3 unspecified atom stereocenters. The molecule has 1 aromatic carbocycles. The van der Waals surface area contributed by atoms with Crippen LogP contribution in [0.2, 0.25) is 0 Å². The van der Waals surface area contributed by atoms with Crippen molar-refractivity contribution in [1.82, 2.24) is 0 Å². The van der Waals surface area contributed by atoms with Crippen LogP contribution in [0.1, 0.15) is 26.7 Å². The van der Waals surface area contributed by atoms with E-state index in [1.54, 1.807) is 12.1 Å². The van der Waals surface area contributed by atoms with Crippen molar-refractivity contribution < 1.29 is 9.13 Å². The number of rotatable bonds is 3. The third kappa shape index (κ3) is 1.80. The van der Waals surface area contributed by atoms with Crippen molar-refractivity contribution in [3.8, 4) is 5.75 Å². The van der Waals surface area contributed by atoms with Crippen LogP contribution in [-0.4, -0.2) is 12.1 Å². The molecule has 88 valence electrons. The van der Waals surface area contributed by atoms with Gasteiger partial charge in [-0.05, 0) is 30.7 Å². The molecule has 0 aliphatic heterocycles. The molecule has 2 rings (SSSR count). The van der Waals surface area contributed by atoms with E-state index in [1.165, 1.54) is 12.1 Å². The molecule has 1 aliphatic carbocycles. The van der Waals surface area contributed by atoms with Crippen LogP contribution in [0.5, 0.6) is 5.75 Å². The Hall–Kier alpha value is -1.09. The number of ether oxygens (including phenoxy) is 1. The Kier molecular flexibility index (Phi) is 2.89. The van der Waals surface area contributed by atoms with Gasteiger partial charge in [-0.2, -0.15) is 0 Å². The molecule has 0 aromatic heterocycles. The van der Waals surface area contributed by atoms with E-state index in [0.29, 0.717) is 0 Å². The van der Waals surface area contributed by atoms with Crippen molar-refractivity contribution in [1.29, 1.82) is 0 Å². The summed E-state index contributed by atoms with van der Waals surface area (Å²) >= 11 is 0. The van der Waals surface area contributed by atoms with E-state index in [0.717, 1.165) is 18.6 Å². The highest BCUT2D eigenvalue weighted by Crippen LogP contribution is 2.44. The number of hydrogen-bond donors (Lipinski definition) is 1. The van der Waals surface area contributed by atoms with Crippen molar-refractivity contribution in [3.05, 3.63) is 30.1 Å². The minimum Gasteiger partial charge on any atom is -0.490 e. The molecule has 0 radical (unpaired) electrons. The van der Waals surface area contributed by atoms with E-state index in [-0.39, 0.29) is 23.4 Å². The second-order valence-electron chi connectivity index (χ2n) is 4.76. The fourth-order valence-corrected chi connectivity index (χ4v) is 2.20. The van der Waals surface area contributed by atoms with Crippen LogP contribution < -0.4 is 10.5 Å². The first-order valence-electron chi connectivity index (χ1n) is 5.74. The molecule has 16 heavy (non-hydrogen) atoms. The van der Waals surface area contributed by atoms with Crippen LogP contribution in [0.25, 0.3) is 0 Å².